The first-order valence-corrected chi connectivity index (χ1v) is 6.08. The fraction of sp³-hybridized carbons (Fsp3) is 0.385. The molecule has 6 heteroatoms. The summed E-state index contributed by atoms with van der Waals surface area (Å²) in [5, 5.41) is 5.37. The zero-order valence-corrected chi connectivity index (χ0v) is 10.3. The standard InChI is InChI=1S/C13H15FN2O3/c14-10-3-1-2-4-11(10)19-8-13(18)15-7-9-5-6-12(17)16-9/h1-4,9H,5-8H2,(H,15,18)(H,16,17). The van der Waals surface area contributed by atoms with E-state index in [2.05, 4.69) is 10.6 Å². The molecule has 2 N–H and O–H groups in total. The van der Waals surface area contributed by atoms with Crippen molar-refractivity contribution in [3.8, 4) is 5.75 Å². The minimum Gasteiger partial charge on any atom is -0.481 e. The molecule has 5 nitrogen and oxygen atoms in total. The molecule has 0 saturated carbocycles. The third-order valence-corrected chi connectivity index (χ3v) is 2.83. The van der Waals surface area contributed by atoms with Crippen LogP contribution in [0.4, 0.5) is 4.39 Å². The van der Waals surface area contributed by atoms with Crippen LogP contribution in [0.5, 0.6) is 5.75 Å². The zero-order chi connectivity index (χ0) is 13.7. The molecule has 1 aromatic rings. The number of nitrogens with one attached hydrogen (secondary N) is 2. The number of para-hydroxylation sites is 1. The van der Waals surface area contributed by atoms with Gasteiger partial charge in [-0.15, -0.1) is 0 Å². The van der Waals surface area contributed by atoms with Crippen LogP contribution in [0.25, 0.3) is 0 Å². The number of rotatable bonds is 5. The Balaban J connectivity index is 1.70. The fourth-order valence-corrected chi connectivity index (χ4v) is 1.82. The molecule has 1 fully saturated rings. The highest BCUT2D eigenvalue weighted by Crippen LogP contribution is 2.14. The van der Waals surface area contributed by atoms with Gasteiger partial charge in [0.25, 0.3) is 5.91 Å². The number of carbonyl (C=O) groups excluding carboxylic acids is 2. The van der Waals surface area contributed by atoms with Gasteiger partial charge in [-0.25, -0.2) is 4.39 Å². The minimum absolute atomic E-state index is 0.00172. The van der Waals surface area contributed by atoms with E-state index < -0.39 is 5.82 Å². The molecular formula is C13H15FN2O3. The monoisotopic (exact) mass is 266 g/mol. The summed E-state index contributed by atoms with van der Waals surface area (Å²) in [7, 11) is 0. The summed E-state index contributed by atoms with van der Waals surface area (Å²) in [5.74, 6) is -0.795. The van der Waals surface area contributed by atoms with Gasteiger partial charge in [0.15, 0.2) is 18.2 Å². The van der Waals surface area contributed by atoms with Gasteiger partial charge in [-0.2, -0.15) is 0 Å². The number of benzene rings is 1. The van der Waals surface area contributed by atoms with E-state index in [1.54, 1.807) is 12.1 Å². The smallest absolute Gasteiger partial charge is 0.258 e. The summed E-state index contributed by atoms with van der Waals surface area (Å²) in [6, 6.07) is 5.88. The lowest BCUT2D eigenvalue weighted by Gasteiger charge is -2.12. The summed E-state index contributed by atoms with van der Waals surface area (Å²) >= 11 is 0. The molecule has 0 radical (unpaired) electrons. The lowest BCUT2D eigenvalue weighted by molar-refractivity contribution is -0.123. The van der Waals surface area contributed by atoms with E-state index in [1.165, 1.54) is 12.1 Å². The summed E-state index contributed by atoms with van der Waals surface area (Å²) in [6.45, 7) is 0.118. The molecule has 1 aliphatic heterocycles. The SMILES string of the molecule is O=C(COc1ccccc1F)NCC1CCC(=O)N1. The minimum atomic E-state index is -0.502. The maximum Gasteiger partial charge on any atom is 0.258 e. The van der Waals surface area contributed by atoms with Crippen molar-refractivity contribution in [1.82, 2.24) is 10.6 Å². The van der Waals surface area contributed by atoms with E-state index in [0.717, 1.165) is 0 Å². The lowest BCUT2D eigenvalue weighted by atomic mass is 10.2. The Bertz CT molecular complexity index is 479. The molecule has 2 amide bonds. The Morgan fingerprint density at radius 2 is 2.26 bits per heavy atom. The van der Waals surface area contributed by atoms with Gasteiger partial charge in [-0.05, 0) is 18.6 Å². The lowest BCUT2D eigenvalue weighted by Crippen LogP contribution is -2.40. The second-order valence-corrected chi connectivity index (χ2v) is 4.33. The summed E-state index contributed by atoms with van der Waals surface area (Å²) in [4.78, 5) is 22.5. The van der Waals surface area contributed by atoms with Crippen LogP contribution in [0.1, 0.15) is 12.8 Å². The predicted molar refractivity (Wildman–Crippen MR) is 66.1 cm³/mol. The average Bonchev–Trinajstić information content (AvgIpc) is 2.81. The summed E-state index contributed by atoms with van der Waals surface area (Å²) in [6.07, 6.45) is 1.21. The highest BCUT2D eigenvalue weighted by atomic mass is 19.1. The average molecular weight is 266 g/mol. The molecule has 1 saturated heterocycles. The normalized spacial score (nSPS) is 17.9. The van der Waals surface area contributed by atoms with Crippen LogP contribution in [0.3, 0.4) is 0 Å². The van der Waals surface area contributed by atoms with Gasteiger partial charge in [-0.3, -0.25) is 9.59 Å². The van der Waals surface area contributed by atoms with Crippen LogP contribution in [-0.2, 0) is 9.59 Å². The second-order valence-electron chi connectivity index (χ2n) is 4.33. The number of amides is 2. The van der Waals surface area contributed by atoms with Gasteiger partial charge in [0.05, 0.1) is 0 Å². The van der Waals surface area contributed by atoms with Crippen molar-refractivity contribution in [2.24, 2.45) is 0 Å². The van der Waals surface area contributed by atoms with E-state index in [9.17, 15) is 14.0 Å². The van der Waals surface area contributed by atoms with Crippen LogP contribution in [0, 0.1) is 5.82 Å². The molecule has 1 atom stereocenters. The quantitative estimate of drug-likeness (QED) is 0.820. The molecule has 1 heterocycles. The summed E-state index contributed by atoms with van der Waals surface area (Å²) in [5.41, 5.74) is 0. The van der Waals surface area contributed by atoms with Crippen LogP contribution < -0.4 is 15.4 Å². The van der Waals surface area contributed by atoms with Gasteiger partial charge in [-0.1, -0.05) is 12.1 Å². The highest BCUT2D eigenvalue weighted by molar-refractivity contribution is 5.79. The summed E-state index contributed by atoms with van der Waals surface area (Å²) < 4.78 is 18.3. The van der Waals surface area contributed by atoms with Crippen molar-refractivity contribution >= 4 is 11.8 Å². The Morgan fingerprint density at radius 3 is 2.95 bits per heavy atom. The number of hydrogen-bond donors (Lipinski definition) is 2. The van der Waals surface area contributed by atoms with Crippen LogP contribution in [0.2, 0.25) is 0 Å². The zero-order valence-electron chi connectivity index (χ0n) is 10.3. The number of hydrogen-bond acceptors (Lipinski definition) is 3. The number of halogens is 1. The number of ether oxygens (including phenoxy) is 1. The molecule has 0 aliphatic carbocycles. The van der Waals surface area contributed by atoms with Crippen LogP contribution in [0.15, 0.2) is 24.3 Å². The number of carbonyl (C=O) groups is 2. The van der Waals surface area contributed by atoms with Crippen molar-refractivity contribution in [3.63, 3.8) is 0 Å². The molecule has 1 unspecified atom stereocenters. The van der Waals surface area contributed by atoms with Crippen molar-refractivity contribution in [2.75, 3.05) is 13.2 Å². The molecule has 2 rings (SSSR count). The third-order valence-electron chi connectivity index (χ3n) is 2.83. The van der Waals surface area contributed by atoms with Gasteiger partial charge in [0.2, 0.25) is 5.91 Å². The molecular weight excluding hydrogens is 251 g/mol. The fourth-order valence-electron chi connectivity index (χ4n) is 1.82. The van der Waals surface area contributed by atoms with Gasteiger partial charge in [0.1, 0.15) is 0 Å². The largest absolute Gasteiger partial charge is 0.481 e. The van der Waals surface area contributed by atoms with Crippen LogP contribution >= 0.6 is 0 Å². The Kier molecular flexibility index (Phi) is 4.33. The topological polar surface area (TPSA) is 67.4 Å². The molecule has 1 aliphatic rings. The highest BCUT2D eigenvalue weighted by Gasteiger charge is 2.20. The predicted octanol–water partition coefficient (Wildman–Crippen LogP) is 0.599. The van der Waals surface area contributed by atoms with E-state index in [4.69, 9.17) is 4.74 Å². The molecule has 0 spiro atoms. The van der Waals surface area contributed by atoms with Gasteiger partial charge in [0, 0.05) is 19.0 Å². The molecule has 0 bridgehead atoms. The van der Waals surface area contributed by atoms with Crippen molar-refractivity contribution in [1.29, 1.82) is 0 Å². The van der Waals surface area contributed by atoms with E-state index >= 15 is 0 Å². The van der Waals surface area contributed by atoms with E-state index in [0.29, 0.717) is 19.4 Å². The van der Waals surface area contributed by atoms with Crippen molar-refractivity contribution in [2.45, 2.75) is 18.9 Å². The first kappa shape index (κ1) is 13.3. The Labute approximate surface area is 110 Å². The maximum atomic E-state index is 13.2. The van der Waals surface area contributed by atoms with E-state index in [1.807, 2.05) is 0 Å². The molecule has 0 aromatic heterocycles. The van der Waals surface area contributed by atoms with Crippen LogP contribution in [-0.4, -0.2) is 31.0 Å². The Morgan fingerprint density at radius 1 is 1.47 bits per heavy atom. The molecule has 19 heavy (non-hydrogen) atoms. The third kappa shape index (κ3) is 3.94. The van der Waals surface area contributed by atoms with Gasteiger partial charge < -0.3 is 15.4 Å². The molecule has 1 aromatic carbocycles. The Hall–Kier alpha value is -2.11. The second kappa shape index (κ2) is 6.17. The maximum absolute atomic E-state index is 13.2. The van der Waals surface area contributed by atoms with Crippen molar-refractivity contribution in [3.05, 3.63) is 30.1 Å². The van der Waals surface area contributed by atoms with Gasteiger partial charge >= 0.3 is 0 Å². The van der Waals surface area contributed by atoms with E-state index in [-0.39, 0.29) is 30.2 Å². The first-order valence-electron chi connectivity index (χ1n) is 6.08. The molecule has 102 valence electrons. The first-order chi connectivity index (χ1) is 9.15. The van der Waals surface area contributed by atoms with Crippen molar-refractivity contribution < 1.29 is 18.7 Å².